The molecule has 8 nitrogen and oxygen atoms in total. The van der Waals surface area contributed by atoms with Crippen LogP contribution in [-0.2, 0) is 14.3 Å². The second kappa shape index (κ2) is 8.71. The van der Waals surface area contributed by atoms with Crippen LogP contribution in [0.25, 0.3) is 10.9 Å². The van der Waals surface area contributed by atoms with Gasteiger partial charge in [0.2, 0.25) is 0 Å². The highest BCUT2D eigenvalue weighted by Crippen LogP contribution is 2.29. The summed E-state index contributed by atoms with van der Waals surface area (Å²) in [7, 11) is 0. The van der Waals surface area contributed by atoms with E-state index in [1.807, 2.05) is 49.8 Å². The lowest BCUT2D eigenvalue weighted by atomic mass is 10.1. The number of hydrogen-bond donors (Lipinski definition) is 0. The van der Waals surface area contributed by atoms with Crippen LogP contribution in [0, 0.1) is 0 Å². The molecule has 0 spiro atoms. The highest BCUT2D eigenvalue weighted by Gasteiger charge is 2.28. The first-order valence-corrected chi connectivity index (χ1v) is 10.0. The minimum atomic E-state index is -0.494. The quantitative estimate of drug-likeness (QED) is 0.710. The van der Waals surface area contributed by atoms with Gasteiger partial charge in [-0.25, -0.2) is 9.59 Å². The summed E-state index contributed by atoms with van der Waals surface area (Å²) in [5.41, 5.74) is 0.452. The molecule has 2 aromatic rings. The first-order chi connectivity index (χ1) is 13.8. The van der Waals surface area contributed by atoms with Crippen molar-refractivity contribution in [2.24, 2.45) is 0 Å². The summed E-state index contributed by atoms with van der Waals surface area (Å²) in [5.74, 6) is 0.203. The Bertz CT molecular complexity index is 863. The summed E-state index contributed by atoms with van der Waals surface area (Å²) in [6.45, 7) is 8.83. The molecule has 3 rings (SSSR count). The molecule has 0 aliphatic carbocycles. The fourth-order valence-electron chi connectivity index (χ4n) is 3.36. The molecule has 1 aromatic heterocycles. The van der Waals surface area contributed by atoms with Crippen LogP contribution in [0.3, 0.4) is 0 Å². The van der Waals surface area contributed by atoms with Gasteiger partial charge in [-0.3, -0.25) is 4.68 Å². The number of benzene rings is 1. The van der Waals surface area contributed by atoms with Crippen molar-refractivity contribution in [1.29, 1.82) is 0 Å². The number of rotatable bonds is 5. The Morgan fingerprint density at radius 3 is 2.59 bits per heavy atom. The number of carbonyl (C=O) groups is 2. The summed E-state index contributed by atoms with van der Waals surface area (Å²) in [6.07, 6.45) is 3.15. The van der Waals surface area contributed by atoms with Crippen LogP contribution in [-0.4, -0.2) is 58.6 Å². The molecule has 1 saturated heterocycles. The average Bonchev–Trinajstić information content (AvgIpc) is 3.08. The number of esters is 1. The topological polar surface area (TPSA) is 82.9 Å². The van der Waals surface area contributed by atoms with Gasteiger partial charge >= 0.3 is 12.1 Å². The van der Waals surface area contributed by atoms with E-state index in [2.05, 4.69) is 5.10 Å². The maximum atomic E-state index is 12.3. The predicted molar refractivity (Wildman–Crippen MR) is 108 cm³/mol. The summed E-state index contributed by atoms with van der Waals surface area (Å²) in [4.78, 5) is 25.5. The highest BCUT2D eigenvalue weighted by atomic mass is 16.6. The van der Waals surface area contributed by atoms with Gasteiger partial charge in [0, 0.05) is 24.5 Å². The number of aromatic nitrogens is 2. The van der Waals surface area contributed by atoms with E-state index in [0.29, 0.717) is 25.4 Å². The van der Waals surface area contributed by atoms with Crippen molar-refractivity contribution in [3.05, 3.63) is 24.4 Å². The zero-order chi connectivity index (χ0) is 21.0. The second-order valence-corrected chi connectivity index (χ2v) is 8.10. The van der Waals surface area contributed by atoms with E-state index in [9.17, 15) is 9.59 Å². The maximum Gasteiger partial charge on any atom is 0.410 e. The van der Waals surface area contributed by atoms with Gasteiger partial charge in [0.15, 0.2) is 6.61 Å². The van der Waals surface area contributed by atoms with Gasteiger partial charge < -0.3 is 19.1 Å². The van der Waals surface area contributed by atoms with Crippen molar-refractivity contribution in [3.63, 3.8) is 0 Å². The van der Waals surface area contributed by atoms with Crippen molar-refractivity contribution >= 4 is 23.0 Å². The van der Waals surface area contributed by atoms with Gasteiger partial charge in [-0.15, -0.1) is 0 Å². The van der Waals surface area contributed by atoms with E-state index in [4.69, 9.17) is 14.2 Å². The maximum absolute atomic E-state index is 12.3. The van der Waals surface area contributed by atoms with Gasteiger partial charge in [0.05, 0.1) is 24.4 Å². The molecule has 29 heavy (non-hydrogen) atoms. The molecule has 1 aliphatic rings. The zero-order valence-corrected chi connectivity index (χ0v) is 17.5. The molecule has 1 amide bonds. The molecule has 0 radical (unpaired) electrons. The van der Waals surface area contributed by atoms with Crippen molar-refractivity contribution in [2.75, 3.05) is 26.3 Å². The SMILES string of the molecule is CCOC(=O)COc1ccc2cnn(C3CCN(C(=O)OC(C)(C)C)CC3)c2c1. The Morgan fingerprint density at radius 1 is 1.21 bits per heavy atom. The van der Waals surface area contributed by atoms with Crippen LogP contribution in [0.1, 0.15) is 46.6 Å². The molecule has 2 heterocycles. The standard InChI is InChI=1S/C21H29N3O5/c1-5-27-19(25)14-28-17-7-6-15-13-22-24(18(15)12-17)16-8-10-23(11-9-16)20(26)29-21(2,3)4/h6-7,12-13,16H,5,8-11,14H2,1-4H3. The molecular formula is C21H29N3O5. The lowest BCUT2D eigenvalue weighted by Crippen LogP contribution is -2.42. The molecular weight excluding hydrogens is 374 g/mol. The van der Waals surface area contributed by atoms with E-state index in [-0.39, 0.29) is 18.7 Å². The molecule has 0 unspecified atom stereocenters. The molecule has 1 aliphatic heterocycles. The Kier molecular flexibility index (Phi) is 6.30. The summed E-state index contributed by atoms with van der Waals surface area (Å²) >= 11 is 0. The average molecular weight is 403 g/mol. The van der Waals surface area contributed by atoms with Crippen LogP contribution in [0.15, 0.2) is 24.4 Å². The van der Waals surface area contributed by atoms with Crippen LogP contribution in [0.4, 0.5) is 4.79 Å². The molecule has 0 saturated carbocycles. The smallest absolute Gasteiger partial charge is 0.410 e. The second-order valence-electron chi connectivity index (χ2n) is 8.10. The van der Waals surface area contributed by atoms with Crippen LogP contribution < -0.4 is 4.74 Å². The third kappa shape index (κ3) is 5.40. The van der Waals surface area contributed by atoms with Crippen LogP contribution in [0.5, 0.6) is 5.75 Å². The van der Waals surface area contributed by atoms with Crippen LogP contribution in [0.2, 0.25) is 0 Å². The number of hydrogen-bond acceptors (Lipinski definition) is 6. The monoisotopic (exact) mass is 403 g/mol. The van der Waals surface area contributed by atoms with Crippen LogP contribution >= 0.6 is 0 Å². The first-order valence-electron chi connectivity index (χ1n) is 10.0. The number of amides is 1. The van der Waals surface area contributed by atoms with Gasteiger partial charge in [-0.1, -0.05) is 0 Å². The Hall–Kier alpha value is -2.77. The van der Waals surface area contributed by atoms with E-state index >= 15 is 0 Å². The number of piperidine rings is 1. The predicted octanol–water partition coefficient (Wildman–Crippen LogP) is 3.55. The van der Waals surface area contributed by atoms with Crippen molar-refractivity contribution in [1.82, 2.24) is 14.7 Å². The fraction of sp³-hybridized carbons (Fsp3) is 0.571. The summed E-state index contributed by atoms with van der Waals surface area (Å²) < 4.78 is 17.9. The summed E-state index contributed by atoms with van der Waals surface area (Å²) in [5, 5.41) is 5.55. The van der Waals surface area contributed by atoms with Gasteiger partial charge in [-0.2, -0.15) is 5.10 Å². The van der Waals surface area contributed by atoms with Crippen molar-refractivity contribution < 1.29 is 23.8 Å². The Labute approximate surface area is 170 Å². The molecule has 1 aromatic carbocycles. The Morgan fingerprint density at radius 2 is 1.93 bits per heavy atom. The third-order valence-corrected chi connectivity index (χ3v) is 4.69. The third-order valence-electron chi connectivity index (χ3n) is 4.69. The number of nitrogens with zero attached hydrogens (tertiary/aromatic N) is 3. The van der Waals surface area contributed by atoms with E-state index in [0.717, 1.165) is 23.7 Å². The lowest BCUT2D eigenvalue weighted by molar-refractivity contribution is -0.145. The van der Waals surface area contributed by atoms with E-state index in [1.54, 1.807) is 11.8 Å². The number of ether oxygens (including phenoxy) is 3. The molecule has 158 valence electrons. The molecule has 0 atom stereocenters. The molecule has 0 N–H and O–H groups in total. The highest BCUT2D eigenvalue weighted by molar-refractivity contribution is 5.80. The largest absolute Gasteiger partial charge is 0.482 e. The normalized spacial score (nSPS) is 15.4. The minimum absolute atomic E-state index is 0.123. The lowest BCUT2D eigenvalue weighted by Gasteiger charge is -2.33. The molecule has 1 fully saturated rings. The van der Waals surface area contributed by atoms with E-state index in [1.165, 1.54) is 0 Å². The summed E-state index contributed by atoms with van der Waals surface area (Å²) in [6, 6.07) is 5.82. The van der Waals surface area contributed by atoms with E-state index < -0.39 is 11.6 Å². The van der Waals surface area contributed by atoms with Crippen molar-refractivity contribution in [2.45, 2.75) is 52.2 Å². The van der Waals surface area contributed by atoms with Gasteiger partial charge in [0.1, 0.15) is 11.4 Å². The fourth-order valence-corrected chi connectivity index (χ4v) is 3.36. The number of carbonyl (C=O) groups excluding carboxylic acids is 2. The first kappa shape index (κ1) is 21.0. The minimum Gasteiger partial charge on any atom is -0.482 e. The number of fused-ring (bicyclic) bond motifs is 1. The molecule has 8 heteroatoms. The number of likely N-dealkylation sites (tertiary alicyclic amines) is 1. The van der Waals surface area contributed by atoms with Gasteiger partial charge in [-0.05, 0) is 52.7 Å². The van der Waals surface area contributed by atoms with Crippen molar-refractivity contribution in [3.8, 4) is 5.75 Å². The van der Waals surface area contributed by atoms with Gasteiger partial charge in [0.25, 0.3) is 0 Å². The molecule has 0 bridgehead atoms. The Balaban J connectivity index is 1.65. The zero-order valence-electron chi connectivity index (χ0n) is 17.5.